The van der Waals surface area contributed by atoms with Crippen LogP contribution in [0.2, 0.25) is 0 Å². The Labute approximate surface area is 122 Å². The van der Waals surface area contributed by atoms with Crippen molar-refractivity contribution in [1.29, 1.82) is 0 Å². The van der Waals surface area contributed by atoms with E-state index in [4.69, 9.17) is 9.47 Å². The van der Waals surface area contributed by atoms with Crippen molar-refractivity contribution < 1.29 is 14.3 Å². The van der Waals surface area contributed by atoms with Crippen LogP contribution in [0.25, 0.3) is 0 Å². The highest BCUT2D eigenvalue weighted by atomic mass is 16.5. The number of esters is 1. The number of carbonyl (C=O) groups is 1. The smallest absolute Gasteiger partial charge is 0.326 e. The number of nitrogens with one attached hydrogen (secondary N) is 1. The van der Waals surface area contributed by atoms with Crippen LogP contribution in [0.1, 0.15) is 39.5 Å². The number of methoxy groups -OCH3 is 1. The van der Waals surface area contributed by atoms with E-state index in [0.717, 1.165) is 51.9 Å². The van der Waals surface area contributed by atoms with Crippen LogP contribution in [0.3, 0.4) is 0 Å². The Kier molecular flexibility index (Phi) is 5.41. The first-order chi connectivity index (χ1) is 9.61. The third-order valence-corrected chi connectivity index (χ3v) is 4.61. The number of nitrogens with zero attached hydrogens (tertiary/aromatic N) is 1. The Morgan fingerprint density at radius 3 is 3.00 bits per heavy atom. The van der Waals surface area contributed by atoms with Gasteiger partial charge >= 0.3 is 5.97 Å². The van der Waals surface area contributed by atoms with Gasteiger partial charge in [-0.15, -0.1) is 0 Å². The molecule has 0 bridgehead atoms. The van der Waals surface area contributed by atoms with Crippen molar-refractivity contribution in [2.75, 3.05) is 33.4 Å². The Bertz CT molecular complexity index is 333. The van der Waals surface area contributed by atoms with Crippen LogP contribution >= 0.6 is 0 Å². The quantitative estimate of drug-likeness (QED) is 0.785. The summed E-state index contributed by atoms with van der Waals surface area (Å²) in [4.78, 5) is 14.7. The van der Waals surface area contributed by atoms with E-state index in [0.29, 0.717) is 6.04 Å². The average molecular weight is 284 g/mol. The summed E-state index contributed by atoms with van der Waals surface area (Å²) in [7, 11) is 1.49. The number of hydrogen-bond acceptors (Lipinski definition) is 5. The van der Waals surface area contributed by atoms with E-state index >= 15 is 0 Å². The molecule has 5 heteroatoms. The van der Waals surface area contributed by atoms with Crippen LogP contribution in [0, 0.1) is 0 Å². The van der Waals surface area contributed by atoms with Gasteiger partial charge in [0, 0.05) is 19.1 Å². The fraction of sp³-hybridized carbons (Fsp3) is 0.933. The molecule has 1 N–H and O–H groups in total. The van der Waals surface area contributed by atoms with Gasteiger partial charge in [0.1, 0.15) is 5.54 Å². The summed E-state index contributed by atoms with van der Waals surface area (Å²) >= 11 is 0. The average Bonchev–Trinajstić information content (AvgIpc) is 2.47. The molecule has 1 aliphatic heterocycles. The van der Waals surface area contributed by atoms with Gasteiger partial charge in [-0.05, 0) is 39.2 Å². The molecule has 0 aromatic rings. The second kappa shape index (κ2) is 6.87. The summed E-state index contributed by atoms with van der Waals surface area (Å²) in [5.74, 6) is -0.106. The molecule has 0 aromatic carbocycles. The van der Waals surface area contributed by atoms with E-state index in [-0.39, 0.29) is 12.1 Å². The van der Waals surface area contributed by atoms with Gasteiger partial charge in [0.15, 0.2) is 0 Å². The molecule has 1 saturated carbocycles. The number of carbonyl (C=O) groups excluding carboxylic acids is 1. The zero-order valence-electron chi connectivity index (χ0n) is 13.0. The van der Waals surface area contributed by atoms with Crippen molar-refractivity contribution in [3.05, 3.63) is 0 Å². The molecule has 0 radical (unpaired) electrons. The second-order valence-electron chi connectivity index (χ2n) is 6.03. The third-order valence-electron chi connectivity index (χ3n) is 4.61. The molecule has 116 valence electrons. The molecule has 1 aliphatic carbocycles. The Hall–Kier alpha value is -0.650. The summed E-state index contributed by atoms with van der Waals surface area (Å²) in [5.41, 5.74) is -0.492. The number of hydrogen-bond donors (Lipinski definition) is 1. The third kappa shape index (κ3) is 3.32. The van der Waals surface area contributed by atoms with Gasteiger partial charge in [-0.2, -0.15) is 0 Å². The Morgan fingerprint density at radius 2 is 2.35 bits per heavy atom. The minimum Gasteiger partial charge on any atom is -0.468 e. The summed E-state index contributed by atoms with van der Waals surface area (Å²) in [6, 6.07) is 0.452. The number of rotatable bonds is 4. The summed E-state index contributed by atoms with van der Waals surface area (Å²) in [6.07, 6.45) is 4.25. The number of likely N-dealkylation sites (N-methyl/N-ethyl adjacent to an activating group) is 1. The maximum absolute atomic E-state index is 12.2. The van der Waals surface area contributed by atoms with Crippen LogP contribution in [0.4, 0.5) is 0 Å². The predicted molar refractivity (Wildman–Crippen MR) is 77.7 cm³/mol. The van der Waals surface area contributed by atoms with Crippen molar-refractivity contribution in [3.8, 4) is 0 Å². The van der Waals surface area contributed by atoms with E-state index < -0.39 is 5.54 Å². The normalized spacial score (nSPS) is 35.8. The lowest BCUT2D eigenvalue weighted by Gasteiger charge is -2.45. The van der Waals surface area contributed by atoms with Gasteiger partial charge in [-0.1, -0.05) is 6.92 Å². The van der Waals surface area contributed by atoms with Gasteiger partial charge < -0.3 is 14.8 Å². The van der Waals surface area contributed by atoms with Crippen molar-refractivity contribution in [2.45, 2.75) is 57.2 Å². The van der Waals surface area contributed by atoms with Crippen molar-refractivity contribution in [1.82, 2.24) is 10.2 Å². The first kappa shape index (κ1) is 15.7. The highest BCUT2D eigenvalue weighted by Crippen LogP contribution is 2.33. The molecule has 1 saturated heterocycles. The van der Waals surface area contributed by atoms with Crippen molar-refractivity contribution >= 4 is 5.97 Å². The molecule has 2 aliphatic rings. The number of morpholine rings is 1. The van der Waals surface area contributed by atoms with E-state index in [1.165, 1.54) is 7.11 Å². The molecule has 0 spiro atoms. The zero-order chi connectivity index (χ0) is 14.6. The lowest BCUT2D eigenvalue weighted by atomic mass is 9.78. The lowest BCUT2D eigenvalue weighted by molar-refractivity contribution is -0.151. The Balaban J connectivity index is 2.06. The topological polar surface area (TPSA) is 50.8 Å². The standard InChI is InChI=1S/C15H28N2O3/c1-4-16-15(14(18)19-3)7-5-6-13(10-15)17-8-9-20-12(2)11-17/h12-13,16H,4-11H2,1-3H3. The molecule has 1 heterocycles. The fourth-order valence-electron chi connectivity index (χ4n) is 3.69. The first-order valence-corrected chi connectivity index (χ1v) is 7.80. The molecule has 5 nitrogen and oxygen atoms in total. The SMILES string of the molecule is CCNC1(C(=O)OC)CCCC(N2CCOC(C)C2)C1. The molecule has 3 atom stereocenters. The van der Waals surface area contributed by atoms with Crippen molar-refractivity contribution in [3.63, 3.8) is 0 Å². The van der Waals surface area contributed by atoms with Gasteiger partial charge in [-0.3, -0.25) is 9.69 Å². The molecule has 2 fully saturated rings. The molecule has 0 aromatic heterocycles. The van der Waals surface area contributed by atoms with Crippen LogP contribution in [-0.2, 0) is 14.3 Å². The van der Waals surface area contributed by atoms with Gasteiger partial charge in [-0.25, -0.2) is 0 Å². The Morgan fingerprint density at radius 1 is 1.55 bits per heavy atom. The maximum atomic E-state index is 12.2. The molecule has 3 unspecified atom stereocenters. The molecular formula is C15H28N2O3. The fourth-order valence-corrected chi connectivity index (χ4v) is 3.69. The van der Waals surface area contributed by atoms with Gasteiger partial charge in [0.05, 0.1) is 19.8 Å². The first-order valence-electron chi connectivity index (χ1n) is 7.80. The summed E-state index contributed by atoms with van der Waals surface area (Å²) in [5, 5.41) is 3.40. The lowest BCUT2D eigenvalue weighted by Crippen LogP contribution is -2.60. The summed E-state index contributed by atoms with van der Waals surface area (Å²) in [6.45, 7) is 7.69. The van der Waals surface area contributed by atoms with Crippen molar-refractivity contribution in [2.24, 2.45) is 0 Å². The van der Waals surface area contributed by atoms with E-state index in [2.05, 4.69) is 17.1 Å². The molecule has 0 amide bonds. The highest BCUT2D eigenvalue weighted by Gasteiger charge is 2.44. The van der Waals surface area contributed by atoms with Crippen LogP contribution in [0.5, 0.6) is 0 Å². The number of ether oxygens (including phenoxy) is 2. The highest BCUT2D eigenvalue weighted by molar-refractivity contribution is 5.81. The summed E-state index contributed by atoms with van der Waals surface area (Å²) < 4.78 is 10.7. The minimum absolute atomic E-state index is 0.106. The zero-order valence-corrected chi connectivity index (χ0v) is 13.0. The second-order valence-corrected chi connectivity index (χ2v) is 6.03. The molecule has 20 heavy (non-hydrogen) atoms. The monoisotopic (exact) mass is 284 g/mol. The molecule has 2 rings (SSSR count). The van der Waals surface area contributed by atoms with Crippen LogP contribution in [0.15, 0.2) is 0 Å². The van der Waals surface area contributed by atoms with Crippen LogP contribution < -0.4 is 5.32 Å². The molecular weight excluding hydrogens is 256 g/mol. The maximum Gasteiger partial charge on any atom is 0.326 e. The van der Waals surface area contributed by atoms with E-state index in [1.54, 1.807) is 0 Å². The largest absolute Gasteiger partial charge is 0.468 e. The van der Waals surface area contributed by atoms with E-state index in [9.17, 15) is 4.79 Å². The van der Waals surface area contributed by atoms with Crippen LogP contribution in [-0.4, -0.2) is 61.9 Å². The van der Waals surface area contributed by atoms with Gasteiger partial charge in [0.25, 0.3) is 0 Å². The van der Waals surface area contributed by atoms with Gasteiger partial charge in [0.2, 0.25) is 0 Å². The predicted octanol–water partition coefficient (Wildman–Crippen LogP) is 1.17. The van der Waals surface area contributed by atoms with E-state index in [1.807, 2.05) is 6.92 Å². The minimum atomic E-state index is -0.492.